The first-order valence-electron chi connectivity index (χ1n) is 14.2. The third kappa shape index (κ3) is 10.2. The Labute approximate surface area is 255 Å². The molecule has 0 radical (unpaired) electrons. The molecular formula is C29H40N4O9S. The number of carbonyl (C=O) groups excluding carboxylic acids is 4. The van der Waals surface area contributed by atoms with Crippen LogP contribution in [0.3, 0.4) is 0 Å². The number of thioether (sulfide) groups is 1. The Kier molecular flexibility index (Phi) is 12.8. The average Bonchev–Trinajstić information content (AvgIpc) is 3.31. The first kappa shape index (κ1) is 33.8. The van der Waals surface area contributed by atoms with E-state index in [1.165, 1.54) is 27.7 Å². The molecule has 1 aliphatic rings. The molecule has 2 aromatic rings. The topological polar surface area (TPSA) is 157 Å². The third-order valence-corrected chi connectivity index (χ3v) is 7.61. The van der Waals surface area contributed by atoms with Crippen molar-refractivity contribution in [3.63, 3.8) is 0 Å². The highest BCUT2D eigenvalue weighted by atomic mass is 32.2. The molecule has 0 saturated carbocycles. The fourth-order valence-electron chi connectivity index (χ4n) is 4.54. The predicted octanol–water partition coefficient (Wildman–Crippen LogP) is 3.10. The van der Waals surface area contributed by atoms with E-state index in [1.807, 2.05) is 35.8 Å². The SMILES string of the molecule is CCCCCn1c(COc2ccc(C)cc2)nnc1S[C@@H]1O[C@@H](COC(C)=O)[C@@H](OC(C)=O)[C@@H](OC(C)=O)[C@H]1NC(C)=O. The van der Waals surface area contributed by atoms with Crippen LogP contribution in [-0.2, 0) is 51.3 Å². The van der Waals surface area contributed by atoms with Crippen LogP contribution in [0.25, 0.3) is 0 Å². The Morgan fingerprint density at radius 1 is 0.953 bits per heavy atom. The lowest BCUT2D eigenvalue weighted by atomic mass is 9.97. The van der Waals surface area contributed by atoms with E-state index in [4.69, 9.17) is 23.7 Å². The summed E-state index contributed by atoms with van der Waals surface area (Å²) >= 11 is 1.16. The minimum Gasteiger partial charge on any atom is -0.486 e. The first-order chi connectivity index (χ1) is 20.5. The van der Waals surface area contributed by atoms with E-state index in [9.17, 15) is 19.2 Å². The lowest BCUT2D eigenvalue weighted by molar-refractivity contribution is -0.211. The summed E-state index contributed by atoms with van der Waals surface area (Å²) in [5.74, 6) is -1.03. The maximum Gasteiger partial charge on any atom is 0.303 e. The minimum absolute atomic E-state index is 0.170. The van der Waals surface area contributed by atoms with Crippen molar-refractivity contribution in [2.24, 2.45) is 0 Å². The molecule has 1 aromatic heterocycles. The number of nitrogens with one attached hydrogen (secondary N) is 1. The van der Waals surface area contributed by atoms with Crippen molar-refractivity contribution < 1.29 is 42.9 Å². The third-order valence-electron chi connectivity index (χ3n) is 6.46. The smallest absolute Gasteiger partial charge is 0.303 e. The molecule has 1 saturated heterocycles. The average molecular weight is 621 g/mol. The van der Waals surface area contributed by atoms with Crippen LogP contribution < -0.4 is 10.1 Å². The molecule has 3 rings (SSSR count). The van der Waals surface area contributed by atoms with Crippen molar-refractivity contribution in [3.8, 4) is 5.75 Å². The standard InChI is InChI=1S/C29H40N4O9S/c1-7-8-9-14-33-24(16-39-22-12-10-17(2)11-13-22)31-32-29(33)43-28-25(30-18(3)34)27(41-21(6)37)26(40-20(5)36)23(42-28)15-38-19(4)35/h10-13,23,25-28H,7-9,14-16H2,1-6H3,(H,30,34)/t23-,25+,26+,27-,28-/m0/s1. The van der Waals surface area contributed by atoms with E-state index in [0.717, 1.165) is 36.6 Å². The molecule has 43 heavy (non-hydrogen) atoms. The Bertz CT molecular complexity index is 1250. The highest BCUT2D eigenvalue weighted by molar-refractivity contribution is 7.99. The quantitative estimate of drug-likeness (QED) is 0.187. The Morgan fingerprint density at radius 2 is 1.63 bits per heavy atom. The monoisotopic (exact) mass is 620 g/mol. The number of aryl methyl sites for hydroxylation is 1. The zero-order valence-electron chi connectivity index (χ0n) is 25.4. The maximum atomic E-state index is 12.3. The van der Waals surface area contributed by atoms with Gasteiger partial charge in [-0.25, -0.2) is 0 Å². The molecule has 5 atom stereocenters. The number of unbranched alkanes of at least 4 members (excludes halogenated alkanes) is 2. The van der Waals surface area contributed by atoms with Gasteiger partial charge in [-0.15, -0.1) is 10.2 Å². The van der Waals surface area contributed by atoms with Crippen LogP contribution in [0.1, 0.15) is 65.3 Å². The first-order valence-corrected chi connectivity index (χ1v) is 15.0. The molecule has 1 aliphatic heterocycles. The van der Waals surface area contributed by atoms with Crippen LogP contribution in [0.5, 0.6) is 5.75 Å². The Morgan fingerprint density at radius 3 is 2.23 bits per heavy atom. The largest absolute Gasteiger partial charge is 0.486 e. The number of benzene rings is 1. The van der Waals surface area contributed by atoms with Crippen molar-refractivity contribution in [3.05, 3.63) is 35.7 Å². The number of nitrogens with zero attached hydrogens (tertiary/aromatic N) is 3. The van der Waals surface area contributed by atoms with E-state index in [2.05, 4.69) is 22.4 Å². The fraction of sp³-hybridized carbons (Fsp3) is 0.586. The van der Waals surface area contributed by atoms with Crippen molar-refractivity contribution >= 4 is 35.6 Å². The zero-order valence-corrected chi connectivity index (χ0v) is 26.2. The van der Waals surface area contributed by atoms with Crippen LogP contribution in [0.4, 0.5) is 0 Å². The minimum atomic E-state index is -1.17. The molecule has 0 spiro atoms. The van der Waals surface area contributed by atoms with Gasteiger partial charge in [-0.1, -0.05) is 49.2 Å². The highest BCUT2D eigenvalue weighted by Crippen LogP contribution is 2.36. The van der Waals surface area contributed by atoms with Crippen LogP contribution in [0.2, 0.25) is 0 Å². The second-order valence-electron chi connectivity index (χ2n) is 10.2. The summed E-state index contributed by atoms with van der Waals surface area (Å²) in [7, 11) is 0. The van der Waals surface area contributed by atoms with Gasteiger partial charge in [0, 0.05) is 34.2 Å². The molecule has 13 nitrogen and oxygen atoms in total. The van der Waals surface area contributed by atoms with Crippen LogP contribution in [0, 0.1) is 6.92 Å². The molecule has 0 bridgehead atoms. The van der Waals surface area contributed by atoms with E-state index in [1.54, 1.807) is 0 Å². The lowest BCUT2D eigenvalue weighted by Crippen LogP contribution is -2.65. The zero-order chi connectivity index (χ0) is 31.5. The highest BCUT2D eigenvalue weighted by Gasteiger charge is 2.51. The lowest BCUT2D eigenvalue weighted by Gasteiger charge is -2.44. The Hall–Kier alpha value is -3.65. The number of amides is 1. The molecule has 1 aromatic carbocycles. The van der Waals surface area contributed by atoms with Gasteiger partial charge in [-0.05, 0) is 25.5 Å². The number of hydrogen-bond acceptors (Lipinski definition) is 12. The van der Waals surface area contributed by atoms with Crippen LogP contribution in [-0.4, -0.2) is 75.0 Å². The summed E-state index contributed by atoms with van der Waals surface area (Å²) in [4.78, 5) is 48.2. The number of hydrogen-bond donors (Lipinski definition) is 1. The van der Waals surface area contributed by atoms with Gasteiger partial charge < -0.3 is 33.6 Å². The van der Waals surface area contributed by atoms with Gasteiger partial charge in [0.1, 0.15) is 36.5 Å². The van der Waals surface area contributed by atoms with Crippen molar-refractivity contribution in [1.82, 2.24) is 20.1 Å². The van der Waals surface area contributed by atoms with Gasteiger partial charge in [0.15, 0.2) is 23.2 Å². The van der Waals surface area contributed by atoms with Gasteiger partial charge in [0.25, 0.3) is 0 Å². The molecule has 0 unspecified atom stereocenters. The molecule has 0 aliphatic carbocycles. The number of ether oxygens (including phenoxy) is 5. The summed E-state index contributed by atoms with van der Waals surface area (Å²) in [5, 5.41) is 12.1. The van der Waals surface area contributed by atoms with E-state index >= 15 is 0 Å². The predicted molar refractivity (Wildman–Crippen MR) is 155 cm³/mol. The maximum absolute atomic E-state index is 12.3. The number of aromatic nitrogens is 3. The van der Waals surface area contributed by atoms with Crippen LogP contribution >= 0.6 is 11.8 Å². The normalized spacial score (nSPS) is 21.5. The molecule has 2 heterocycles. The van der Waals surface area contributed by atoms with Crippen LogP contribution in [0.15, 0.2) is 29.4 Å². The van der Waals surface area contributed by atoms with Gasteiger partial charge in [-0.3, -0.25) is 19.2 Å². The summed E-state index contributed by atoms with van der Waals surface area (Å²) in [6, 6.07) is 6.72. The summed E-state index contributed by atoms with van der Waals surface area (Å²) in [6.07, 6.45) is -0.484. The number of esters is 3. The number of rotatable bonds is 14. The molecule has 236 valence electrons. The summed E-state index contributed by atoms with van der Waals surface area (Å²) in [5.41, 5.74) is 0.214. The van der Waals surface area contributed by atoms with E-state index in [-0.39, 0.29) is 13.2 Å². The molecular weight excluding hydrogens is 580 g/mol. The summed E-state index contributed by atoms with van der Waals surface area (Å²) in [6.45, 7) is 9.54. The second-order valence-corrected chi connectivity index (χ2v) is 11.3. The van der Waals surface area contributed by atoms with Gasteiger partial charge in [-0.2, -0.15) is 0 Å². The molecule has 1 N–H and O–H groups in total. The summed E-state index contributed by atoms with van der Waals surface area (Å²) < 4.78 is 30.5. The Balaban J connectivity index is 1.96. The van der Waals surface area contributed by atoms with Gasteiger partial charge >= 0.3 is 17.9 Å². The van der Waals surface area contributed by atoms with Crippen molar-refractivity contribution in [2.75, 3.05) is 6.61 Å². The van der Waals surface area contributed by atoms with Gasteiger partial charge in [0.05, 0.1) is 0 Å². The fourth-order valence-corrected chi connectivity index (χ4v) is 5.72. The molecule has 14 heteroatoms. The second kappa shape index (κ2) is 16.3. The van der Waals surface area contributed by atoms with Crippen molar-refractivity contribution in [2.45, 2.75) is 109 Å². The van der Waals surface area contributed by atoms with Crippen molar-refractivity contribution in [1.29, 1.82) is 0 Å². The molecule has 1 amide bonds. The van der Waals surface area contributed by atoms with Gasteiger partial charge in [0.2, 0.25) is 5.91 Å². The van der Waals surface area contributed by atoms with E-state index < -0.39 is 53.6 Å². The molecule has 1 fully saturated rings. The number of carbonyl (C=O) groups is 4. The van der Waals surface area contributed by atoms with E-state index in [0.29, 0.717) is 23.3 Å².